The minimum atomic E-state index is 0.953. The van der Waals surface area contributed by atoms with E-state index in [4.69, 9.17) is 4.98 Å². The smallest absolute Gasteiger partial charge is 0.137 e. The van der Waals surface area contributed by atoms with Crippen molar-refractivity contribution in [2.75, 3.05) is 0 Å². The molecule has 0 aliphatic rings. The molecule has 30 heavy (non-hydrogen) atoms. The van der Waals surface area contributed by atoms with Gasteiger partial charge in [0.05, 0.1) is 11.0 Å². The summed E-state index contributed by atoms with van der Waals surface area (Å²) in [5.74, 6) is 0.953. The lowest BCUT2D eigenvalue weighted by Gasteiger charge is -2.10. The second-order valence-corrected chi connectivity index (χ2v) is 8.66. The molecule has 0 amide bonds. The molecule has 0 saturated carbocycles. The summed E-state index contributed by atoms with van der Waals surface area (Å²) in [6.07, 6.45) is 1.87. The highest BCUT2D eigenvalue weighted by molar-refractivity contribution is 7.27. The number of thiophene rings is 1. The zero-order chi connectivity index (χ0) is 19.7. The Bertz CT molecular complexity index is 1740. The fraction of sp³-hybridized carbons (Fsp3) is 0. The van der Waals surface area contributed by atoms with Crippen molar-refractivity contribution < 1.29 is 0 Å². The third-order valence-corrected chi connectivity index (χ3v) is 7.22. The maximum Gasteiger partial charge on any atom is 0.137 e. The Morgan fingerprint density at radius 2 is 1.30 bits per heavy atom. The number of benzene rings is 4. The zero-order valence-corrected chi connectivity index (χ0v) is 16.9. The highest BCUT2D eigenvalue weighted by Gasteiger charge is 2.21. The van der Waals surface area contributed by atoms with E-state index in [1.165, 1.54) is 52.8 Å². The van der Waals surface area contributed by atoms with E-state index in [9.17, 15) is 0 Å². The molecule has 3 heterocycles. The second-order valence-electron chi connectivity index (χ2n) is 7.61. The molecule has 0 radical (unpaired) electrons. The lowest BCUT2D eigenvalue weighted by molar-refractivity contribution is 1.08. The molecule has 0 unspecified atom stereocenters. The molecule has 4 aromatic carbocycles. The van der Waals surface area contributed by atoms with Gasteiger partial charge in [0.15, 0.2) is 0 Å². The lowest BCUT2D eigenvalue weighted by atomic mass is 10.00. The van der Waals surface area contributed by atoms with E-state index < -0.39 is 0 Å². The fourth-order valence-electron chi connectivity index (χ4n) is 4.85. The van der Waals surface area contributed by atoms with E-state index in [0.717, 1.165) is 5.82 Å². The van der Waals surface area contributed by atoms with Crippen molar-refractivity contribution in [1.82, 2.24) is 9.55 Å². The van der Waals surface area contributed by atoms with Crippen LogP contribution in [0.3, 0.4) is 0 Å². The summed E-state index contributed by atoms with van der Waals surface area (Å²) in [5, 5.41) is 7.88. The van der Waals surface area contributed by atoms with Crippen LogP contribution in [0.15, 0.2) is 97.2 Å². The van der Waals surface area contributed by atoms with Crippen molar-refractivity contribution in [2.24, 2.45) is 0 Å². The van der Waals surface area contributed by atoms with Gasteiger partial charge in [-0.25, -0.2) is 4.98 Å². The lowest BCUT2D eigenvalue weighted by Crippen LogP contribution is -1.96. The van der Waals surface area contributed by atoms with Crippen LogP contribution in [0.2, 0.25) is 0 Å². The van der Waals surface area contributed by atoms with Crippen LogP contribution in [-0.2, 0) is 0 Å². The number of pyridine rings is 1. The van der Waals surface area contributed by atoms with Gasteiger partial charge in [-0.3, -0.25) is 4.57 Å². The van der Waals surface area contributed by atoms with Gasteiger partial charge in [0, 0.05) is 42.5 Å². The van der Waals surface area contributed by atoms with Crippen LogP contribution < -0.4 is 0 Å². The van der Waals surface area contributed by atoms with Gasteiger partial charge in [0.25, 0.3) is 0 Å². The molecular weight excluding hydrogens is 384 g/mol. The molecule has 0 fully saturated rings. The maximum absolute atomic E-state index is 4.72. The summed E-state index contributed by atoms with van der Waals surface area (Å²) in [6.45, 7) is 0. The summed E-state index contributed by atoms with van der Waals surface area (Å²) in [6, 6.07) is 32.4. The first-order valence-electron chi connectivity index (χ1n) is 10.1. The summed E-state index contributed by atoms with van der Waals surface area (Å²) in [5.41, 5.74) is 2.44. The van der Waals surface area contributed by atoms with Crippen molar-refractivity contribution in [3.8, 4) is 5.82 Å². The largest absolute Gasteiger partial charge is 0.293 e. The molecule has 3 aromatic heterocycles. The SMILES string of the molecule is c1ccc(-n2c3ccccc3c3c4sc5ccccc5c4c4ccccc4c32)nc1. The van der Waals surface area contributed by atoms with Crippen molar-refractivity contribution in [3.05, 3.63) is 97.2 Å². The van der Waals surface area contributed by atoms with E-state index >= 15 is 0 Å². The number of hydrogen-bond acceptors (Lipinski definition) is 2. The number of para-hydroxylation sites is 1. The highest BCUT2D eigenvalue weighted by Crippen LogP contribution is 2.47. The minimum Gasteiger partial charge on any atom is -0.293 e. The second kappa shape index (κ2) is 5.91. The first-order chi connectivity index (χ1) is 14.9. The minimum absolute atomic E-state index is 0.953. The average molecular weight is 401 g/mol. The normalized spacial score (nSPS) is 12.0. The maximum atomic E-state index is 4.72. The van der Waals surface area contributed by atoms with Gasteiger partial charge in [-0.15, -0.1) is 11.3 Å². The monoisotopic (exact) mass is 400 g/mol. The molecular formula is C27H16N2S. The summed E-state index contributed by atoms with van der Waals surface area (Å²) in [7, 11) is 0. The van der Waals surface area contributed by atoms with Gasteiger partial charge in [0.1, 0.15) is 5.82 Å². The van der Waals surface area contributed by atoms with Crippen molar-refractivity contribution in [2.45, 2.75) is 0 Å². The van der Waals surface area contributed by atoms with Crippen LogP contribution in [-0.4, -0.2) is 9.55 Å². The standard InChI is InChI=1S/C27H16N2S/c1-2-10-18-17(9-1)24-20-12-4-6-14-22(20)30-27(24)25-19-11-3-5-13-21(19)29(26(18)25)23-15-7-8-16-28-23/h1-16H. The zero-order valence-electron chi connectivity index (χ0n) is 16.0. The predicted molar refractivity (Wildman–Crippen MR) is 129 cm³/mol. The molecule has 7 aromatic rings. The summed E-state index contributed by atoms with van der Waals surface area (Å²) >= 11 is 1.90. The van der Waals surface area contributed by atoms with Gasteiger partial charge in [-0.2, -0.15) is 0 Å². The molecule has 0 N–H and O–H groups in total. The average Bonchev–Trinajstić information content (AvgIpc) is 3.36. The Morgan fingerprint density at radius 1 is 0.600 bits per heavy atom. The molecule has 0 bridgehead atoms. The van der Waals surface area contributed by atoms with Crippen LogP contribution in [0.1, 0.15) is 0 Å². The van der Waals surface area contributed by atoms with Crippen LogP contribution in [0.5, 0.6) is 0 Å². The number of rotatable bonds is 1. The van der Waals surface area contributed by atoms with Crippen LogP contribution in [0, 0.1) is 0 Å². The Hall–Kier alpha value is -3.69. The molecule has 0 aliphatic carbocycles. The van der Waals surface area contributed by atoms with Crippen molar-refractivity contribution in [3.63, 3.8) is 0 Å². The number of hydrogen-bond donors (Lipinski definition) is 0. The Balaban J connectivity index is 1.88. The third kappa shape index (κ3) is 2.00. The van der Waals surface area contributed by atoms with Crippen LogP contribution in [0.25, 0.3) is 58.6 Å². The van der Waals surface area contributed by atoms with Crippen molar-refractivity contribution in [1.29, 1.82) is 0 Å². The molecule has 0 atom stereocenters. The first-order valence-corrected chi connectivity index (χ1v) is 10.9. The molecule has 0 spiro atoms. The summed E-state index contributed by atoms with van der Waals surface area (Å²) < 4.78 is 5.02. The Labute approximate surface area is 176 Å². The third-order valence-electron chi connectivity index (χ3n) is 6.03. The quantitative estimate of drug-likeness (QED) is 0.276. The number of aromatic nitrogens is 2. The van der Waals surface area contributed by atoms with E-state index in [-0.39, 0.29) is 0 Å². The van der Waals surface area contributed by atoms with Gasteiger partial charge < -0.3 is 0 Å². The Morgan fingerprint density at radius 3 is 2.13 bits per heavy atom. The topological polar surface area (TPSA) is 17.8 Å². The molecule has 7 rings (SSSR count). The van der Waals surface area contributed by atoms with Crippen molar-refractivity contribution >= 4 is 64.1 Å². The number of nitrogens with zero attached hydrogens (tertiary/aromatic N) is 2. The molecule has 140 valence electrons. The van der Waals surface area contributed by atoms with E-state index in [1.807, 2.05) is 23.6 Å². The molecule has 3 heteroatoms. The van der Waals surface area contributed by atoms with Crippen LogP contribution in [0.4, 0.5) is 0 Å². The van der Waals surface area contributed by atoms with Gasteiger partial charge in [0.2, 0.25) is 0 Å². The van der Waals surface area contributed by atoms with E-state index in [2.05, 4.69) is 89.5 Å². The number of fused-ring (bicyclic) bond motifs is 10. The van der Waals surface area contributed by atoms with Crippen LogP contribution >= 0.6 is 11.3 Å². The predicted octanol–water partition coefficient (Wildman–Crippen LogP) is 7.70. The van der Waals surface area contributed by atoms with Gasteiger partial charge in [-0.1, -0.05) is 66.7 Å². The van der Waals surface area contributed by atoms with E-state index in [0.29, 0.717) is 0 Å². The van der Waals surface area contributed by atoms with E-state index in [1.54, 1.807) is 0 Å². The molecule has 0 saturated heterocycles. The molecule has 2 nitrogen and oxygen atoms in total. The van der Waals surface area contributed by atoms with Gasteiger partial charge >= 0.3 is 0 Å². The highest BCUT2D eigenvalue weighted by atomic mass is 32.1. The summed E-state index contributed by atoms with van der Waals surface area (Å²) in [4.78, 5) is 4.72. The Kier molecular flexibility index (Phi) is 3.18. The van der Waals surface area contributed by atoms with Gasteiger partial charge in [-0.05, 0) is 29.7 Å². The fourth-order valence-corrected chi connectivity index (χ4v) is 6.12. The molecule has 0 aliphatic heterocycles. The first kappa shape index (κ1) is 16.1.